The Labute approximate surface area is 201 Å². The lowest BCUT2D eigenvalue weighted by Gasteiger charge is -2.35. The normalized spacial score (nSPS) is 20.4. The van der Waals surface area contributed by atoms with E-state index in [-0.39, 0.29) is 30.1 Å². The van der Waals surface area contributed by atoms with Crippen molar-refractivity contribution in [3.05, 3.63) is 42.3 Å². The summed E-state index contributed by atoms with van der Waals surface area (Å²) in [6.07, 6.45) is 7.89. The van der Waals surface area contributed by atoms with Gasteiger partial charge in [-0.1, -0.05) is 18.2 Å². The van der Waals surface area contributed by atoms with Crippen molar-refractivity contribution in [1.29, 1.82) is 0 Å². The molecular formula is C23H33IN4O3. The third-order valence-corrected chi connectivity index (χ3v) is 5.75. The highest BCUT2D eigenvalue weighted by atomic mass is 127. The van der Waals surface area contributed by atoms with Crippen LogP contribution in [0.5, 0.6) is 0 Å². The average molecular weight is 540 g/mol. The van der Waals surface area contributed by atoms with Gasteiger partial charge in [-0.15, -0.1) is 24.0 Å². The zero-order valence-corrected chi connectivity index (χ0v) is 20.5. The number of halogens is 1. The first-order chi connectivity index (χ1) is 14.8. The molecule has 0 spiro atoms. The number of oxazole rings is 1. The van der Waals surface area contributed by atoms with Crippen molar-refractivity contribution in [2.45, 2.75) is 50.9 Å². The molecule has 7 nitrogen and oxygen atoms in total. The number of aliphatic imine (C=N–C) groups is 1. The molecule has 170 valence electrons. The quantitative estimate of drug-likeness (QED) is 0.338. The molecule has 0 bridgehead atoms. The predicted octanol–water partition coefficient (Wildman–Crippen LogP) is 4.09. The van der Waals surface area contributed by atoms with Crippen LogP contribution < -0.4 is 5.32 Å². The van der Waals surface area contributed by atoms with Crippen molar-refractivity contribution in [2.75, 3.05) is 33.4 Å². The van der Waals surface area contributed by atoms with Gasteiger partial charge in [0.2, 0.25) is 5.89 Å². The molecule has 1 aromatic carbocycles. The summed E-state index contributed by atoms with van der Waals surface area (Å²) in [4.78, 5) is 11.3. The van der Waals surface area contributed by atoms with Crippen LogP contribution in [0.1, 0.15) is 37.8 Å². The fraction of sp³-hybridized carbons (Fsp3) is 0.565. The predicted molar refractivity (Wildman–Crippen MR) is 132 cm³/mol. The summed E-state index contributed by atoms with van der Waals surface area (Å²) in [5.74, 6) is 1.54. The highest BCUT2D eigenvalue weighted by Gasteiger charge is 2.24. The Balaban J connectivity index is 0.00000272. The maximum atomic E-state index is 6.12. The van der Waals surface area contributed by atoms with Crippen molar-refractivity contribution in [3.8, 4) is 11.5 Å². The molecule has 1 aromatic heterocycles. The number of guanidine groups is 1. The highest BCUT2D eigenvalue weighted by Crippen LogP contribution is 2.19. The van der Waals surface area contributed by atoms with E-state index in [4.69, 9.17) is 13.9 Å². The molecule has 2 aliphatic heterocycles. The standard InChI is InChI=1S/C23H32N4O3.HI/c1-24-23(25-15-19-16-30-22(26-19)18-7-3-2-4-8-18)27-12-10-20(11-13-27)29-17-21-9-5-6-14-28-21;/h2-4,7-8,16,20-21H,5-6,9-15,17H2,1H3,(H,24,25);1H. The molecule has 1 atom stereocenters. The minimum absolute atomic E-state index is 0. The molecule has 31 heavy (non-hydrogen) atoms. The molecule has 0 saturated carbocycles. The van der Waals surface area contributed by atoms with Crippen molar-refractivity contribution in [3.63, 3.8) is 0 Å². The van der Waals surface area contributed by atoms with E-state index in [0.717, 1.165) is 62.8 Å². The number of rotatable bonds is 6. The van der Waals surface area contributed by atoms with Crippen LogP contribution in [0.4, 0.5) is 0 Å². The van der Waals surface area contributed by atoms with Gasteiger partial charge in [-0.2, -0.15) is 0 Å². The fourth-order valence-corrected chi connectivity index (χ4v) is 4.02. The van der Waals surface area contributed by atoms with Crippen LogP contribution in [-0.4, -0.2) is 61.4 Å². The fourth-order valence-electron chi connectivity index (χ4n) is 4.02. The molecule has 4 rings (SSSR count). The first-order valence-corrected chi connectivity index (χ1v) is 11.0. The van der Waals surface area contributed by atoms with Gasteiger partial charge in [0.1, 0.15) is 6.26 Å². The monoisotopic (exact) mass is 540 g/mol. The third kappa shape index (κ3) is 6.92. The van der Waals surface area contributed by atoms with Crippen molar-refractivity contribution >= 4 is 29.9 Å². The number of hydrogen-bond acceptors (Lipinski definition) is 5. The largest absolute Gasteiger partial charge is 0.444 e. The molecule has 3 heterocycles. The number of likely N-dealkylation sites (tertiary alicyclic amines) is 1. The van der Waals surface area contributed by atoms with Gasteiger partial charge in [-0.25, -0.2) is 4.98 Å². The average Bonchev–Trinajstić information content (AvgIpc) is 3.29. The van der Waals surface area contributed by atoms with Gasteiger partial charge in [0, 0.05) is 32.3 Å². The first kappa shape index (κ1) is 24.0. The van der Waals surface area contributed by atoms with Crippen LogP contribution in [0, 0.1) is 0 Å². The number of hydrogen-bond donors (Lipinski definition) is 1. The van der Waals surface area contributed by atoms with Crippen LogP contribution in [0.2, 0.25) is 0 Å². The molecule has 2 aliphatic rings. The Morgan fingerprint density at radius 2 is 2.00 bits per heavy atom. The van der Waals surface area contributed by atoms with E-state index >= 15 is 0 Å². The number of ether oxygens (including phenoxy) is 2. The number of piperidine rings is 1. The van der Waals surface area contributed by atoms with Gasteiger partial charge in [-0.3, -0.25) is 4.99 Å². The Bertz CT molecular complexity index is 800. The highest BCUT2D eigenvalue weighted by molar-refractivity contribution is 14.0. The lowest BCUT2D eigenvalue weighted by atomic mass is 10.1. The van der Waals surface area contributed by atoms with Gasteiger partial charge in [0.15, 0.2) is 5.96 Å². The molecule has 2 saturated heterocycles. The summed E-state index contributed by atoms with van der Waals surface area (Å²) < 4.78 is 17.5. The smallest absolute Gasteiger partial charge is 0.226 e. The van der Waals surface area contributed by atoms with E-state index < -0.39 is 0 Å². The minimum Gasteiger partial charge on any atom is -0.444 e. The molecule has 1 unspecified atom stereocenters. The zero-order valence-electron chi connectivity index (χ0n) is 18.2. The second-order valence-corrected chi connectivity index (χ2v) is 7.92. The summed E-state index contributed by atoms with van der Waals surface area (Å²) in [5, 5.41) is 3.41. The van der Waals surface area contributed by atoms with Gasteiger partial charge < -0.3 is 24.1 Å². The number of nitrogens with zero attached hydrogens (tertiary/aromatic N) is 3. The van der Waals surface area contributed by atoms with Crippen molar-refractivity contribution in [1.82, 2.24) is 15.2 Å². The SMILES string of the molecule is CN=C(NCc1coc(-c2ccccc2)n1)N1CCC(OCC2CCCCO2)CC1.I. The third-order valence-electron chi connectivity index (χ3n) is 5.75. The summed E-state index contributed by atoms with van der Waals surface area (Å²) >= 11 is 0. The molecule has 2 fully saturated rings. The molecule has 2 aromatic rings. The maximum absolute atomic E-state index is 6.12. The van der Waals surface area contributed by atoms with Crippen LogP contribution >= 0.6 is 24.0 Å². The van der Waals surface area contributed by atoms with Gasteiger partial charge in [-0.05, 0) is 44.2 Å². The number of benzene rings is 1. The van der Waals surface area contributed by atoms with Crippen molar-refractivity contribution in [2.24, 2.45) is 4.99 Å². The van der Waals surface area contributed by atoms with E-state index in [1.54, 1.807) is 6.26 Å². The second kappa shape index (κ2) is 12.4. The lowest BCUT2D eigenvalue weighted by Crippen LogP contribution is -2.47. The van der Waals surface area contributed by atoms with E-state index in [9.17, 15) is 0 Å². The molecule has 0 amide bonds. The molecule has 1 N–H and O–H groups in total. The Morgan fingerprint density at radius 1 is 1.19 bits per heavy atom. The van der Waals surface area contributed by atoms with E-state index in [1.165, 1.54) is 12.8 Å². The van der Waals surface area contributed by atoms with Crippen LogP contribution in [0.15, 0.2) is 46.0 Å². The topological polar surface area (TPSA) is 72.1 Å². The summed E-state index contributed by atoms with van der Waals surface area (Å²) in [7, 11) is 1.82. The Morgan fingerprint density at radius 3 is 2.71 bits per heavy atom. The van der Waals surface area contributed by atoms with Crippen LogP contribution in [-0.2, 0) is 16.0 Å². The van der Waals surface area contributed by atoms with E-state index in [2.05, 4.69) is 20.2 Å². The molecule has 0 radical (unpaired) electrons. The van der Waals surface area contributed by atoms with E-state index in [1.807, 2.05) is 37.4 Å². The second-order valence-electron chi connectivity index (χ2n) is 7.92. The lowest BCUT2D eigenvalue weighted by molar-refractivity contribution is -0.0721. The first-order valence-electron chi connectivity index (χ1n) is 11.0. The van der Waals surface area contributed by atoms with E-state index in [0.29, 0.717) is 18.5 Å². The maximum Gasteiger partial charge on any atom is 0.226 e. The van der Waals surface area contributed by atoms with Crippen molar-refractivity contribution < 1.29 is 13.9 Å². The minimum atomic E-state index is 0. The Hall–Kier alpha value is -1.65. The zero-order chi connectivity index (χ0) is 20.6. The summed E-state index contributed by atoms with van der Waals surface area (Å²) in [6, 6.07) is 9.93. The van der Waals surface area contributed by atoms with Crippen LogP contribution in [0.25, 0.3) is 11.5 Å². The number of nitrogens with one attached hydrogen (secondary N) is 1. The van der Waals surface area contributed by atoms with Gasteiger partial charge >= 0.3 is 0 Å². The summed E-state index contributed by atoms with van der Waals surface area (Å²) in [5.41, 5.74) is 1.84. The molecule has 8 heteroatoms. The Kier molecular flexibility index (Phi) is 9.60. The number of aromatic nitrogens is 1. The molecule has 0 aliphatic carbocycles. The summed E-state index contributed by atoms with van der Waals surface area (Å²) in [6.45, 7) is 4.06. The molecular weight excluding hydrogens is 507 g/mol. The van der Waals surface area contributed by atoms with Gasteiger partial charge in [0.05, 0.1) is 31.1 Å². The van der Waals surface area contributed by atoms with Gasteiger partial charge in [0.25, 0.3) is 0 Å². The van der Waals surface area contributed by atoms with Crippen LogP contribution in [0.3, 0.4) is 0 Å².